The molecular weight excluding hydrogens is 176 g/mol. The molecule has 1 aromatic carbocycles. The van der Waals surface area contributed by atoms with Crippen molar-refractivity contribution in [3.63, 3.8) is 0 Å². The van der Waals surface area contributed by atoms with Crippen molar-refractivity contribution in [2.24, 2.45) is 0 Å². The van der Waals surface area contributed by atoms with Crippen molar-refractivity contribution in [1.82, 2.24) is 0 Å². The average Bonchev–Trinajstić information content (AvgIpc) is 2.06. The lowest BCUT2D eigenvalue weighted by Crippen LogP contribution is -1.90. The van der Waals surface area contributed by atoms with Crippen molar-refractivity contribution in [2.75, 3.05) is 0 Å². The highest BCUT2D eigenvalue weighted by Gasteiger charge is 1.99. The number of carbonyl (C=O) groups is 2. The van der Waals surface area contributed by atoms with Gasteiger partial charge in [0.25, 0.3) is 5.24 Å². The number of hydrogen-bond donors (Lipinski definition) is 0. The standard InChI is InChI=1S/C9H7ClO2/c10-9(12)8-3-1-7(2-4-8)5-6-11/h1-4,6H,5H2. The van der Waals surface area contributed by atoms with Crippen molar-refractivity contribution >= 4 is 23.1 Å². The molecule has 0 radical (unpaired) electrons. The van der Waals surface area contributed by atoms with E-state index in [1.165, 1.54) is 0 Å². The Hall–Kier alpha value is -1.15. The lowest BCUT2D eigenvalue weighted by molar-refractivity contribution is -0.107. The molecule has 62 valence electrons. The van der Waals surface area contributed by atoms with Gasteiger partial charge in [0.2, 0.25) is 0 Å². The monoisotopic (exact) mass is 182 g/mol. The Labute approximate surface area is 75.2 Å². The molecule has 2 nitrogen and oxygen atoms in total. The summed E-state index contributed by atoms with van der Waals surface area (Å²) in [6, 6.07) is 6.64. The van der Waals surface area contributed by atoms with Crippen LogP contribution in [0.5, 0.6) is 0 Å². The largest absolute Gasteiger partial charge is 0.303 e. The van der Waals surface area contributed by atoms with Gasteiger partial charge in [-0.25, -0.2) is 0 Å². The van der Waals surface area contributed by atoms with Crippen molar-refractivity contribution in [1.29, 1.82) is 0 Å². The molecular formula is C9H7ClO2. The zero-order chi connectivity index (χ0) is 8.97. The maximum atomic E-state index is 10.6. The van der Waals surface area contributed by atoms with Crippen LogP contribution in [0.25, 0.3) is 0 Å². The Morgan fingerprint density at radius 1 is 1.33 bits per heavy atom. The fraction of sp³-hybridized carbons (Fsp3) is 0.111. The van der Waals surface area contributed by atoms with Gasteiger partial charge in [0.05, 0.1) is 0 Å². The van der Waals surface area contributed by atoms with Gasteiger partial charge >= 0.3 is 0 Å². The molecule has 0 aromatic heterocycles. The Morgan fingerprint density at radius 3 is 2.33 bits per heavy atom. The minimum absolute atomic E-state index is 0.372. The Kier molecular flexibility index (Phi) is 3.00. The lowest BCUT2D eigenvalue weighted by atomic mass is 10.1. The molecule has 0 aliphatic carbocycles. The van der Waals surface area contributed by atoms with E-state index in [0.717, 1.165) is 11.8 Å². The van der Waals surface area contributed by atoms with Gasteiger partial charge in [0, 0.05) is 12.0 Å². The van der Waals surface area contributed by atoms with Crippen molar-refractivity contribution in [3.05, 3.63) is 35.4 Å². The van der Waals surface area contributed by atoms with Gasteiger partial charge in [0.1, 0.15) is 6.29 Å². The Morgan fingerprint density at radius 2 is 1.92 bits per heavy atom. The number of benzene rings is 1. The van der Waals surface area contributed by atoms with Gasteiger partial charge in [-0.15, -0.1) is 0 Å². The molecule has 0 aliphatic rings. The highest BCUT2D eigenvalue weighted by atomic mass is 35.5. The zero-order valence-corrected chi connectivity index (χ0v) is 7.04. The van der Waals surface area contributed by atoms with E-state index in [2.05, 4.69) is 0 Å². The minimum atomic E-state index is -0.479. The topological polar surface area (TPSA) is 34.1 Å². The fourth-order valence-electron chi connectivity index (χ4n) is 0.868. The van der Waals surface area contributed by atoms with Crippen LogP contribution in [0.15, 0.2) is 24.3 Å². The summed E-state index contributed by atoms with van der Waals surface area (Å²) < 4.78 is 0. The molecule has 0 saturated carbocycles. The highest BCUT2D eigenvalue weighted by Crippen LogP contribution is 2.06. The van der Waals surface area contributed by atoms with Gasteiger partial charge in [-0.2, -0.15) is 0 Å². The number of carbonyl (C=O) groups excluding carboxylic acids is 2. The molecule has 12 heavy (non-hydrogen) atoms. The first-order chi connectivity index (χ1) is 5.74. The normalized spacial score (nSPS) is 9.42. The molecule has 0 fully saturated rings. The molecule has 0 heterocycles. The summed E-state index contributed by atoms with van der Waals surface area (Å²) in [5, 5.41) is -0.479. The predicted molar refractivity (Wildman–Crippen MR) is 46.4 cm³/mol. The van der Waals surface area contributed by atoms with E-state index >= 15 is 0 Å². The first kappa shape index (κ1) is 8.94. The second-order valence-corrected chi connectivity index (χ2v) is 2.68. The predicted octanol–water partition coefficient (Wildman–Crippen LogP) is 1.81. The van der Waals surface area contributed by atoms with Gasteiger partial charge < -0.3 is 4.79 Å². The maximum Gasteiger partial charge on any atom is 0.252 e. The molecule has 0 saturated heterocycles. The molecule has 0 amide bonds. The van der Waals surface area contributed by atoms with Crippen LogP contribution in [0.2, 0.25) is 0 Å². The van der Waals surface area contributed by atoms with Gasteiger partial charge in [-0.3, -0.25) is 4.79 Å². The average molecular weight is 183 g/mol. The van der Waals surface area contributed by atoms with Gasteiger partial charge in [0.15, 0.2) is 0 Å². The smallest absolute Gasteiger partial charge is 0.252 e. The van der Waals surface area contributed by atoms with Crippen molar-refractivity contribution in [2.45, 2.75) is 6.42 Å². The van der Waals surface area contributed by atoms with Crippen molar-refractivity contribution < 1.29 is 9.59 Å². The molecule has 0 aliphatic heterocycles. The van der Waals surface area contributed by atoms with Crippen LogP contribution in [0.3, 0.4) is 0 Å². The molecule has 0 atom stereocenters. The lowest BCUT2D eigenvalue weighted by Gasteiger charge is -1.95. The summed E-state index contributed by atoms with van der Waals surface area (Å²) in [5.74, 6) is 0. The van der Waals surface area contributed by atoms with Crippen LogP contribution < -0.4 is 0 Å². The van der Waals surface area contributed by atoms with E-state index < -0.39 is 5.24 Å². The van der Waals surface area contributed by atoms with E-state index in [9.17, 15) is 9.59 Å². The molecule has 0 spiro atoms. The van der Waals surface area contributed by atoms with Gasteiger partial charge in [-0.1, -0.05) is 12.1 Å². The summed E-state index contributed by atoms with van der Waals surface area (Å²) in [6.07, 6.45) is 1.19. The number of aldehydes is 1. The van der Waals surface area contributed by atoms with E-state index in [4.69, 9.17) is 11.6 Å². The second-order valence-electron chi connectivity index (χ2n) is 2.34. The first-order valence-corrected chi connectivity index (χ1v) is 3.84. The SMILES string of the molecule is O=CCc1ccc(C(=O)Cl)cc1. The van der Waals surface area contributed by atoms with E-state index in [1.807, 2.05) is 0 Å². The van der Waals surface area contributed by atoms with Crippen LogP contribution in [0.4, 0.5) is 0 Å². The number of rotatable bonds is 3. The molecule has 0 bridgehead atoms. The minimum Gasteiger partial charge on any atom is -0.303 e. The third-order valence-corrected chi connectivity index (χ3v) is 1.72. The zero-order valence-electron chi connectivity index (χ0n) is 6.29. The van der Waals surface area contributed by atoms with Crippen LogP contribution in [0.1, 0.15) is 15.9 Å². The maximum absolute atomic E-state index is 10.6. The summed E-state index contributed by atoms with van der Waals surface area (Å²) in [4.78, 5) is 20.7. The molecule has 0 unspecified atom stereocenters. The van der Waals surface area contributed by atoms with E-state index in [0.29, 0.717) is 12.0 Å². The first-order valence-electron chi connectivity index (χ1n) is 3.46. The number of hydrogen-bond acceptors (Lipinski definition) is 2. The van der Waals surface area contributed by atoms with Crippen LogP contribution >= 0.6 is 11.6 Å². The van der Waals surface area contributed by atoms with E-state index in [1.54, 1.807) is 24.3 Å². The number of halogens is 1. The summed E-state index contributed by atoms with van der Waals surface area (Å²) in [5.41, 5.74) is 1.33. The summed E-state index contributed by atoms with van der Waals surface area (Å²) >= 11 is 5.22. The van der Waals surface area contributed by atoms with Crippen LogP contribution in [-0.2, 0) is 11.2 Å². The van der Waals surface area contributed by atoms with Gasteiger partial charge in [-0.05, 0) is 29.3 Å². The molecule has 3 heteroatoms. The third-order valence-electron chi connectivity index (χ3n) is 1.50. The fourth-order valence-corrected chi connectivity index (χ4v) is 0.994. The Balaban J connectivity index is 2.85. The third kappa shape index (κ3) is 2.17. The molecule has 1 rings (SSSR count). The Bertz CT molecular complexity index is 290. The van der Waals surface area contributed by atoms with Crippen LogP contribution in [0, 0.1) is 0 Å². The quantitative estimate of drug-likeness (QED) is 0.528. The van der Waals surface area contributed by atoms with Crippen LogP contribution in [-0.4, -0.2) is 11.5 Å². The molecule has 0 N–H and O–H groups in total. The van der Waals surface area contributed by atoms with E-state index in [-0.39, 0.29) is 0 Å². The summed E-state index contributed by atoms with van der Waals surface area (Å²) in [6.45, 7) is 0. The second kappa shape index (κ2) is 4.02. The summed E-state index contributed by atoms with van der Waals surface area (Å²) in [7, 11) is 0. The highest BCUT2D eigenvalue weighted by molar-refractivity contribution is 6.67. The molecule has 1 aromatic rings. The van der Waals surface area contributed by atoms with Crippen molar-refractivity contribution in [3.8, 4) is 0 Å².